The van der Waals surface area contributed by atoms with Crippen LogP contribution in [0.15, 0.2) is 0 Å². The Morgan fingerprint density at radius 2 is 1.80 bits per heavy atom. The zero-order valence-corrected chi connectivity index (χ0v) is 27.9. The molecule has 6 aliphatic carbocycles. The first kappa shape index (κ1) is 30.2. The number of nitrogens with zero attached hydrogens (tertiary/aromatic N) is 2. The van der Waals surface area contributed by atoms with Crippen LogP contribution in [0.2, 0.25) is 0 Å². The van der Waals surface area contributed by atoms with Gasteiger partial charge < -0.3 is 24.2 Å². The van der Waals surface area contributed by atoms with Crippen LogP contribution in [0.1, 0.15) is 112 Å². The Balaban J connectivity index is 1.01. The van der Waals surface area contributed by atoms with Crippen molar-refractivity contribution in [2.75, 3.05) is 19.7 Å². The number of hydrogen-bond acceptors (Lipinski definition) is 6. The average Bonchev–Trinajstić information content (AvgIpc) is 3.90. The van der Waals surface area contributed by atoms with E-state index in [0.717, 1.165) is 12.8 Å². The number of nitriles is 1. The van der Waals surface area contributed by atoms with Gasteiger partial charge in [-0.1, -0.05) is 34.6 Å². The number of morpholine rings is 1. The SMILES string of the molecule is C[C@@H]1C[C@H](CC#N)O[C@H]2[C@H]1[C@@]1(C)CC[C@@]34CC35CCC(O[C@H]3CN(C(=O)CC6CC6)CCO3)C(C)(C)[C@@H]5CC[C@H]4[C@]1(C)[C@H]2O. The standard InChI is InChI=1S/C37H56N2O5/c1-22-18-24(11-15-38)43-31-30(22)34(4)13-14-37-21-36(37)12-10-27(33(2,3)25(36)8-9-26(37)35(34,5)32(31)41)44-29-20-39(16-17-42-29)28(40)19-23-6-7-23/h22-27,29-32,41H,6-14,16-21H2,1-5H3/t22-,24+,25+,26+,27?,29+,30+,31+,32+,34-,35-,36?,37+/m1/s1. The number of aliphatic hydroxyl groups is 1. The first-order chi connectivity index (χ1) is 20.9. The minimum absolute atomic E-state index is 0.0302. The minimum Gasteiger partial charge on any atom is -0.390 e. The molecule has 2 saturated heterocycles. The Kier molecular flexibility index (Phi) is 6.79. The summed E-state index contributed by atoms with van der Waals surface area (Å²) in [5, 5.41) is 21.7. The Labute approximate surface area is 264 Å². The fraction of sp³-hybridized carbons (Fsp3) is 0.946. The molecular formula is C37H56N2O5. The summed E-state index contributed by atoms with van der Waals surface area (Å²) in [4.78, 5) is 14.8. The van der Waals surface area contributed by atoms with Crippen molar-refractivity contribution >= 4 is 5.91 Å². The maximum atomic E-state index is 12.9. The number of rotatable bonds is 5. The van der Waals surface area contributed by atoms with Gasteiger partial charge in [0, 0.05) is 18.4 Å². The molecular weight excluding hydrogens is 552 g/mol. The highest BCUT2D eigenvalue weighted by atomic mass is 16.7. The third kappa shape index (κ3) is 3.90. The summed E-state index contributed by atoms with van der Waals surface area (Å²) in [7, 11) is 0. The molecule has 8 aliphatic rings. The van der Waals surface area contributed by atoms with E-state index in [0.29, 0.717) is 73.0 Å². The van der Waals surface area contributed by atoms with Crippen molar-refractivity contribution in [3.8, 4) is 6.07 Å². The van der Waals surface area contributed by atoms with E-state index in [9.17, 15) is 15.2 Å². The lowest BCUT2D eigenvalue weighted by atomic mass is 9.41. The maximum Gasteiger partial charge on any atom is 0.223 e. The van der Waals surface area contributed by atoms with Gasteiger partial charge in [0.05, 0.1) is 50.1 Å². The van der Waals surface area contributed by atoms with E-state index in [2.05, 4.69) is 40.7 Å². The van der Waals surface area contributed by atoms with E-state index >= 15 is 0 Å². The average molecular weight is 609 g/mol. The van der Waals surface area contributed by atoms with Gasteiger partial charge in [0.25, 0.3) is 0 Å². The van der Waals surface area contributed by atoms with E-state index in [-0.39, 0.29) is 46.8 Å². The third-order valence-electron chi connectivity index (χ3n) is 16.0. The monoisotopic (exact) mass is 608 g/mol. The van der Waals surface area contributed by atoms with Crippen LogP contribution in [-0.2, 0) is 19.0 Å². The number of carbonyl (C=O) groups excluding carboxylic acids is 1. The fourth-order valence-electron chi connectivity index (χ4n) is 13.7. The molecule has 0 aromatic heterocycles. The van der Waals surface area contributed by atoms with Gasteiger partial charge in [-0.05, 0) is 115 Å². The molecule has 2 aliphatic heterocycles. The Morgan fingerprint density at radius 3 is 2.55 bits per heavy atom. The lowest BCUT2D eigenvalue weighted by Gasteiger charge is -2.64. The predicted octanol–water partition coefficient (Wildman–Crippen LogP) is 6.08. The zero-order valence-electron chi connectivity index (χ0n) is 27.9. The number of amides is 1. The van der Waals surface area contributed by atoms with Gasteiger partial charge in [-0.2, -0.15) is 5.26 Å². The van der Waals surface area contributed by atoms with E-state index in [1.807, 2.05) is 4.90 Å². The van der Waals surface area contributed by atoms with Gasteiger partial charge in [0.15, 0.2) is 6.29 Å². The van der Waals surface area contributed by atoms with Gasteiger partial charge in [-0.15, -0.1) is 0 Å². The van der Waals surface area contributed by atoms with Crippen LogP contribution in [-0.4, -0.2) is 66.3 Å². The second kappa shape index (κ2) is 9.91. The van der Waals surface area contributed by atoms with Crippen LogP contribution in [0, 0.1) is 68.0 Å². The molecule has 0 aromatic carbocycles. The van der Waals surface area contributed by atoms with E-state index in [1.54, 1.807) is 0 Å². The van der Waals surface area contributed by atoms with Crippen molar-refractivity contribution in [1.29, 1.82) is 5.26 Å². The Morgan fingerprint density at radius 1 is 1.05 bits per heavy atom. The Bertz CT molecular complexity index is 1230. The largest absolute Gasteiger partial charge is 0.390 e. The molecule has 0 radical (unpaired) electrons. The molecule has 244 valence electrons. The lowest BCUT2D eigenvalue weighted by Crippen LogP contribution is -2.60. The summed E-state index contributed by atoms with van der Waals surface area (Å²) in [6.07, 6.45) is 11.9. The summed E-state index contributed by atoms with van der Waals surface area (Å²) in [6.45, 7) is 14.0. The van der Waals surface area contributed by atoms with Gasteiger partial charge >= 0.3 is 0 Å². The molecule has 0 bridgehead atoms. The molecule has 1 N–H and O–H groups in total. The highest BCUT2D eigenvalue weighted by molar-refractivity contribution is 5.76. The molecule has 6 saturated carbocycles. The van der Waals surface area contributed by atoms with Gasteiger partial charge in [0.2, 0.25) is 5.91 Å². The summed E-state index contributed by atoms with van der Waals surface area (Å²) < 4.78 is 19.6. The van der Waals surface area contributed by atoms with Crippen molar-refractivity contribution in [3.63, 3.8) is 0 Å². The van der Waals surface area contributed by atoms with Crippen molar-refractivity contribution < 1.29 is 24.1 Å². The molecule has 8 rings (SSSR count). The van der Waals surface area contributed by atoms with E-state index < -0.39 is 6.10 Å². The second-order valence-electron chi connectivity index (χ2n) is 17.9. The van der Waals surface area contributed by atoms with Gasteiger partial charge in [-0.25, -0.2) is 0 Å². The maximum absolute atomic E-state index is 12.9. The third-order valence-corrected chi connectivity index (χ3v) is 16.0. The van der Waals surface area contributed by atoms with Crippen molar-refractivity contribution in [2.24, 2.45) is 56.7 Å². The molecule has 2 spiro atoms. The highest BCUT2D eigenvalue weighted by Gasteiger charge is 2.84. The van der Waals surface area contributed by atoms with Crippen LogP contribution < -0.4 is 0 Å². The van der Waals surface area contributed by atoms with E-state index in [1.165, 1.54) is 51.4 Å². The molecule has 2 unspecified atom stereocenters. The molecule has 7 nitrogen and oxygen atoms in total. The summed E-state index contributed by atoms with van der Waals surface area (Å²) in [5.41, 5.74) is 0.560. The minimum atomic E-state index is -0.473. The number of fused-ring (bicyclic) bond motifs is 4. The number of hydrogen-bond donors (Lipinski definition) is 1. The number of carbonyl (C=O) groups is 1. The first-order valence-corrected chi connectivity index (χ1v) is 18.2. The number of aliphatic hydroxyl groups excluding tert-OH is 1. The second-order valence-corrected chi connectivity index (χ2v) is 17.9. The van der Waals surface area contributed by atoms with Crippen LogP contribution in [0.5, 0.6) is 0 Å². The van der Waals surface area contributed by atoms with Gasteiger partial charge in [-0.3, -0.25) is 4.79 Å². The molecule has 44 heavy (non-hydrogen) atoms. The summed E-state index contributed by atoms with van der Waals surface area (Å²) in [5.74, 6) is 2.80. The molecule has 1 amide bonds. The van der Waals surface area contributed by atoms with E-state index in [4.69, 9.17) is 14.2 Å². The van der Waals surface area contributed by atoms with Gasteiger partial charge in [0.1, 0.15) is 0 Å². The normalized spacial score (nSPS) is 53.8. The van der Waals surface area contributed by atoms with Crippen LogP contribution in [0.4, 0.5) is 0 Å². The topological polar surface area (TPSA) is 92.0 Å². The molecule has 13 atom stereocenters. The lowest BCUT2D eigenvalue weighted by molar-refractivity contribution is -0.248. The fourth-order valence-corrected chi connectivity index (χ4v) is 13.7. The first-order valence-electron chi connectivity index (χ1n) is 18.2. The molecule has 8 fully saturated rings. The van der Waals surface area contributed by atoms with Crippen molar-refractivity contribution in [3.05, 3.63) is 0 Å². The van der Waals surface area contributed by atoms with Crippen molar-refractivity contribution in [2.45, 2.75) is 142 Å². The van der Waals surface area contributed by atoms with Crippen LogP contribution in [0.3, 0.4) is 0 Å². The van der Waals surface area contributed by atoms with Crippen LogP contribution in [0.25, 0.3) is 0 Å². The molecule has 7 heteroatoms. The smallest absolute Gasteiger partial charge is 0.223 e. The molecule has 0 aromatic rings. The quantitative estimate of drug-likeness (QED) is 0.407. The predicted molar refractivity (Wildman–Crippen MR) is 165 cm³/mol. The van der Waals surface area contributed by atoms with Crippen LogP contribution >= 0.6 is 0 Å². The number of ether oxygens (including phenoxy) is 3. The summed E-state index contributed by atoms with van der Waals surface area (Å²) in [6, 6.07) is 2.33. The van der Waals surface area contributed by atoms with Crippen molar-refractivity contribution in [1.82, 2.24) is 4.90 Å². The Hall–Kier alpha value is -1.20. The molecule has 2 heterocycles. The zero-order chi connectivity index (χ0) is 30.9. The summed E-state index contributed by atoms with van der Waals surface area (Å²) >= 11 is 0. The highest BCUT2D eigenvalue weighted by Crippen LogP contribution is 2.89.